The highest BCUT2D eigenvalue weighted by Gasteiger charge is 2.95. The van der Waals surface area contributed by atoms with Crippen LogP contribution >= 0.6 is 11.8 Å². The van der Waals surface area contributed by atoms with Gasteiger partial charge in [0.1, 0.15) is 5.44 Å². The topological polar surface area (TPSA) is 39.9 Å². The van der Waals surface area contributed by atoms with E-state index in [0.717, 1.165) is 4.68 Å². The molecule has 1 aliphatic heterocycles. The summed E-state index contributed by atoms with van der Waals surface area (Å²) in [5.74, 6) is -57.5. The molecular weight excluding hydrogens is 593 g/mol. The second-order valence-corrected chi connectivity index (χ2v) is 8.68. The molecule has 0 amide bonds. The maximum Gasteiger partial charge on any atom is 0.460 e. The molecule has 1 aromatic heterocycles. The van der Waals surface area contributed by atoms with Crippen LogP contribution in [0.4, 0.5) is 74.6 Å². The Morgan fingerprint density at radius 3 is 1.68 bits per heavy atom. The Morgan fingerprint density at radius 1 is 0.730 bits per heavy atom. The Balaban J connectivity index is 2.27. The maximum atomic E-state index is 13.9. The van der Waals surface area contributed by atoms with Crippen molar-refractivity contribution in [3.05, 3.63) is 11.9 Å². The number of hydrogen-bond donors (Lipinski definition) is 0. The molecule has 2 heterocycles. The van der Waals surface area contributed by atoms with Gasteiger partial charge in [0, 0.05) is 12.2 Å². The van der Waals surface area contributed by atoms with Crippen molar-refractivity contribution < 1.29 is 79.4 Å². The summed E-state index contributed by atoms with van der Waals surface area (Å²) in [6.07, 6.45) is -9.08. The Bertz CT molecular complexity index is 960. The van der Waals surface area contributed by atoms with Gasteiger partial charge in [-0.05, 0) is 0 Å². The van der Waals surface area contributed by atoms with Gasteiger partial charge in [-0.3, -0.25) is 0 Å². The van der Waals surface area contributed by atoms with Crippen LogP contribution in [0.3, 0.4) is 0 Å². The molecule has 0 N–H and O–H groups in total. The first-order valence-electron chi connectivity index (χ1n) is 9.11. The predicted molar refractivity (Wildman–Crippen MR) is 86.4 cm³/mol. The third kappa shape index (κ3) is 4.68. The minimum absolute atomic E-state index is 0.192. The Labute approximate surface area is 197 Å². The standard InChI is InChI=1S/C15H10F17N3OS/c16-8(17,1-2-37-7-4-35-6(5-36-7)3-33-34-35)9(18,19)10(20,21)11(22,23)12(24,25)13(26,27)14(28,29)15(30,31)32/h3,7H,1-2,4-5H2. The van der Waals surface area contributed by atoms with Crippen LogP contribution in [-0.4, -0.2) is 73.8 Å². The number of aromatic nitrogens is 3. The fourth-order valence-corrected chi connectivity index (χ4v) is 3.74. The molecule has 22 heteroatoms. The third-order valence-electron chi connectivity index (χ3n) is 4.94. The lowest BCUT2D eigenvalue weighted by Crippen LogP contribution is -2.74. The van der Waals surface area contributed by atoms with Gasteiger partial charge >= 0.3 is 47.6 Å². The van der Waals surface area contributed by atoms with E-state index in [4.69, 9.17) is 4.74 Å². The fourth-order valence-electron chi connectivity index (χ4n) is 2.69. The first-order valence-corrected chi connectivity index (χ1v) is 10.2. The van der Waals surface area contributed by atoms with Crippen molar-refractivity contribution in [2.45, 2.75) is 72.6 Å². The van der Waals surface area contributed by atoms with Crippen molar-refractivity contribution in [3.8, 4) is 0 Å². The highest BCUT2D eigenvalue weighted by Crippen LogP contribution is 2.64. The van der Waals surface area contributed by atoms with Gasteiger partial charge in [-0.25, -0.2) is 4.68 Å². The van der Waals surface area contributed by atoms with Gasteiger partial charge in [-0.2, -0.15) is 74.6 Å². The molecule has 0 saturated heterocycles. The van der Waals surface area contributed by atoms with Crippen LogP contribution in [-0.2, 0) is 17.9 Å². The molecule has 0 radical (unpaired) electrons. The van der Waals surface area contributed by atoms with Gasteiger partial charge in [-0.1, -0.05) is 5.21 Å². The van der Waals surface area contributed by atoms with Crippen LogP contribution in [0.2, 0.25) is 0 Å². The minimum atomic E-state index is -8.62. The van der Waals surface area contributed by atoms with E-state index in [9.17, 15) is 74.6 Å². The normalized spacial score (nSPS) is 19.2. The lowest BCUT2D eigenvalue weighted by molar-refractivity contribution is -0.461. The number of thioether (sulfide) groups is 1. The van der Waals surface area contributed by atoms with Crippen molar-refractivity contribution in [1.29, 1.82) is 0 Å². The molecule has 1 atom stereocenters. The van der Waals surface area contributed by atoms with E-state index >= 15 is 0 Å². The van der Waals surface area contributed by atoms with Gasteiger partial charge in [0.15, 0.2) is 0 Å². The molecule has 2 rings (SSSR count). The summed E-state index contributed by atoms with van der Waals surface area (Å²) in [5, 5.41) is 6.94. The SMILES string of the molecule is FC(F)(F)C(F)(F)C(F)(F)C(F)(F)C(F)(F)C(F)(F)C(F)(F)C(F)(F)CCSC1Cn2nncc2CO1. The van der Waals surface area contributed by atoms with Gasteiger partial charge in [0.05, 0.1) is 25.0 Å². The zero-order chi connectivity index (χ0) is 29.1. The summed E-state index contributed by atoms with van der Waals surface area (Å²) in [6.45, 7) is -0.502. The number of hydrogen-bond acceptors (Lipinski definition) is 4. The van der Waals surface area contributed by atoms with Crippen molar-refractivity contribution >= 4 is 11.8 Å². The zero-order valence-corrected chi connectivity index (χ0v) is 17.9. The molecule has 0 aromatic carbocycles. The summed E-state index contributed by atoms with van der Waals surface area (Å²) in [6, 6.07) is 0. The van der Waals surface area contributed by atoms with Gasteiger partial charge in [-0.15, -0.1) is 16.9 Å². The highest BCUT2D eigenvalue weighted by molar-refractivity contribution is 7.99. The van der Waals surface area contributed by atoms with Crippen molar-refractivity contribution in [2.75, 3.05) is 5.75 Å². The molecule has 1 unspecified atom stereocenters. The number of alkyl halides is 17. The maximum absolute atomic E-state index is 13.9. The molecule has 0 aliphatic carbocycles. The number of rotatable bonds is 10. The van der Waals surface area contributed by atoms with E-state index in [-0.39, 0.29) is 24.9 Å². The molecule has 1 aliphatic rings. The average molecular weight is 603 g/mol. The number of ether oxygens (including phenoxy) is 1. The second-order valence-electron chi connectivity index (χ2n) is 7.42. The lowest BCUT2D eigenvalue weighted by Gasteiger charge is -2.42. The summed E-state index contributed by atoms with van der Waals surface area (Å²) in [4.78, 5) is 0. The van der Waals surface area contributed by atoms with E-state index in [0.29, 0.717) is 5.69 Å². The Hall–Kier alpha value is -1.74. The van der Waals surface area contributed by atoms with Crippen molar-refractivity contribution in [1.82, 2.24) is 15.0 Å². The van der Waals surface area contributed by atoms with E-state index in [1.54, 1.807) is 0 Å². The second kappa shape index (κ2) is 9.18. The van der Waals surface area contributed by atoms with Gasteiger partial charge in [0.2, 0.25) is 0 Å². The van der Waals surface area contributed by atoms with E-state index in [1.165, 1.54) is 6.20 Å². The van der Waals surface area contributed by atoms with Gasteiger partial charge < -0.3 is 4.74 Å². The summed E-state index contributed by atoms with van der Waals surface area (Å²) in [5.41, 5.74) is -0.808. The monoisotopic (exact) mass is 603 g/mol. The molecular formula is C15H10F17N3OS. The molecule has 0 bridgehead atoms. The molecule has 0 spiro atoms. The van der Waals surface area contributed by atoms with Crippen LogP contribution in [0.1, 0.15) is 12.1 Å². The largest absolute Gasteiger partial charge is 0.460 e. The van der Waals surface area contributed by atoms with Crippen LogP contribution in [0, 0.1) is 0 Å². The molecule has 0 saturated carbocycles. The van der Waals surface area contributed by atoms with Crippen molar-refractivity contribution in [3.63, 3.8) is 0 Å². The molecule has 37 heavy (non-hydrogen) atoms. The van der Waals surface area contributed by atoms with Crippen LogP contribution in [0.15, 0.2) is 6.20 Å². The average Bonchev–Trinajstić information content (AvgIpc) is 3.19. The quantitative estimate of drug-likeness (QED) is 0.296. The van der Waals surface area contributed by atoms with E-state index in [1.807, 2.05) is 0 Å². The van der Waals surface area contributed by atoms with Crippen LogP contribution in [0.5, 0.6) is 0 Å². The first kappa shape index (κ1) is 31.5. The summed E-state index contributed by atoms with van der Waals surface area (Å²) < 4.78 is 231. The van der Waals surface area contributed by atoms with Gasteiger partial charge in [0.25, 0.3) is 0 Å². The van der Waals surface area contributed by atoms with Crippen LogP contribution < -0.4 is 0 Å². The number of fused-ring (bicyclic) bond motifs is 1. The Kier molecular flexibility index (Phi) is 7.81. The van der Waals surface area contributed by atoms with E-state index < -0.39 is 65.2 Å². The summed E-state index contributed by atoms with van der Waals surface area (Å²) >= 11 is 0.192. The van der Waals surface area contributed by atoms with Crippen molar-refractivity contribution in [2.24, 2.45) is 0 Å². The third-order valence-corrected chi connectivity index (χ3v) is 6.04. The molecule has 216 valence electrons. The smallest absolute Gasteiger partial charge is 0.359 e. The predicted octanol–water partition coefficient (Wildman–Crippen LogP) is 6.27. The minimum Gasteiger partial charge on any atom is -0.359 e. The zero-order valence-electron chi connectivity index (χ0n) is 17.1. The highest BCUT2D eigenvalue weighted by atomic mass is 32.2. The number of halogens is 17. The molecule has 4 nitrogen and oxygen atoms in total. The van der Waals surface area contributed by atoms with E-state index in [2.05, 4.69) is 10.3 Å². The van der Waals surface area contributed by atoms with Crippen LogP contribution in [0.25, 0.3) is 0 Å². The first-order chi connectivity index (χ1) is 16.3. The summed E-state index contributed by atoms with van der Waals surface area (Å²) in [7, 11) is 0. The Morgan fingerprint density at radius 2 is 1.19 bits per heavy atom. The molecule has 1 aromatic rings. The lowest BCUT2D eigenvalue weighted by atomic mass is 9.88. The number of nitrogens with zero attached hydrogens (tertiary/aromatic N) is 3. The fraction of sp³-hybridized carbons (Fsp3) is 0.867. The molecule has 0 fully saturated rings.